The Morgan fingerprint density at radius 3 is 2.20 bits per heavy atom. The minimum absolute atomic E-state index is 0.255. The Bertz CT molecular complexity index is 307. The molecule has 20 heavy (non-hydrogen) atoms. The van der Waals surface area contributed by atoms with Crippen LogP contribution in [0.2, 0.25) is 0 Å². The van der Waals surface area contributed by atoms with Gasteiger partial charge in [-0.3, -0.25) is 0 Å². The van der Waals surface area contributed by atoms with Gasteiger partial charge >= 0.3 is 12.1 Å². The maximum absolute atomic E-state index is 12.0. The van der Waals surface area contributed by atoms with E-state index in [1.54, 1.807) is 0 Å². The first-order valence-corrected chi connectivity index (χ1v) is 7.28. The van der Waals surface area contributed by atoms with Crippen LogP contribution in [0.3, 0.4) is 0 Å². The maximum atomic E-state index is 12.0. The van der Waals surface area contributed by atoms with Crippen molar-refractivity contribution in [1.29, 1.82) is 0 Å². The van der Waals surface area contributed by atoms with Crippen LogP contribution in [0.5, 0.6) is 0 Å². The molecular formula is C15H29NO4. The smallest absolute Gasteiger partial charge is 0.407 e. The van der Waals surface area contributed by atoms with Gasteiger partial charge in [0.15, 0.2) is 0 Å². The highest BCUT2D eigenvalue weighted by Gasteiger charge is 2.34. The fourth-order valence-electron chi connectivity index (χ4n) is 1.43. The number of carbonyl (C=O) groups excluding carboxylic acids is 2. The molecule has 1 N–H and O–H groups in total. The van der Waals surface area contributed by atoms with E-state index in [-0.39, 0.29) is 5.92 Å². The largest absolute Gasteiger partial charge is 0.464 e. The number of esters is 1. The highest BCUT2D eigenvalue weighted by molar-refractivity contribution is 5.82. The lowest BCUT2D eigenvalue weighted by atomic mass is 9.87. The number of nitrogens with one attached hydrogen (secondary N) is 1. The second kappa shape index (κ2) is 8.82. The third kappa shape index (κ3) is 8.02. The summed E-state index contributed by atoms with van der Waals surface area (Å²) >= 11 is 0. The average Bonchev–Trinajstić information content (AvgIpc) is 2.32. The van der Waals surface area contributed by atoms with Gasteiger partial charge in [0.1, 0.15) is 6.04 Å². The van der Waals surface area contributed by atoms with Crippen LogP contribution in [-0.2, 0) is 14.3 Å². The Kier molecular flexibility index (Phi) is 8.26. The zero-order valence-electron chi connectivity index (χ0n) is 13.6. The highest BCUT2D eigenvalue weighted by Crippen LogP contribution is 2.20. The first-order chi connectivity index (χ1) is 9.18. The molecule has 0 bridgehead atoms. The monoisotopic (exact) mass is 287 g/mol. The van der Waals surface area contributed by atoms with E-state index in [0.717, 1.165) is 12.8 Å². The zero-order valence-corrected chi connectivity index (χ0v) is 13.6. The van der Waals surface area contributed by atoms with Gasteiger partial charge in [0, 0.05) is 0 Å². The Labute approximate surface area is 122 Å². The Morgan fingerprint density at radius 2 is 1.75 bits per heavy atom. The third-order valence-corrected chi connectivity index (χ3v) is 2.65. The second-order valence-corrected chi connectivity index (χ2v) is 6.46. The first-order valence-electron chi connectivity index (χ1n) is 7.28. The standard InChI is InChI=1S/C15H29NO4/c1-7-8-9-19-13(17)12(15(4,5)6)16-14(18)20-10-11(2)3/h11-12H,7-10H2,1-6H3,(H,16,18). The summed E-state index contributed by atoms with van der Waals surface area (Å²) in [5.41, 5.74) is -0.430. The van der Waals surface area contributed by atoms with E-state index in [1.165, 1.54) is 0 Å². The summed E-state index contributed by atoms with van der Waals surface area (Å²) in [5, 5.41) is 2.60. The van der Waals surface area contributed by atoms with Crippen LogP contribution in [0.4, 0.5) is 4.79 Å². The van der Waals surface area contributed by atoms with Gasteiger partial charge in [0.25, 0.3) is 0 Å². The van der Waals surface area contributed by atoms with Gasteiger partial charge in [-0.05, 0) is 17.8 Å². The molecule has 0 aromatic rings. The number of ether oxygens (including phenoxy) is 2. The molecular weight excluding hydrogens is 258 g/mol. The molecule has 118 valence electrons. The Balaban J connectivity index is 4.50. The van der Waals surface area contributed by atoms with Crippen molar-refractivity contribution in [1.82, 2.24) is 5.32 Å². The van der Waals surface area contributed by atoms with Gasteiger partial charge in [0.05, 0.1) is 13.2 Å². The van der Waals surface area contributed by atoms with Gasteiger partial charge in [0.2, 0.25) is 0 Å². The number of hydrogen-bond acceptors (Lipinski definition) is 4. The molecule has 0 heterocycles. The summed E-state index contributed by atoms with van der Waals surface area (Å²) in [6.45, 7) is 12.3. The molecule has 5 nitrogen and oxygen atoms in total. The van der Waals surface area contributed by atoms with Crippen molar-refractivity contribution in [3.63, 3.8) is 0 Å². The van der Waals surface area contributed by atoms with Crippen LogP contribution in [0.15, 0.2) is 0 Å². The van der Waals surface area contributed by atoms with Crippen LogP contribution in [0, 0.1) is 11.3 Å². The van der Waals surface area contributed by atoms with Crippen LogP contribution in [0.25, 0.3) is 0 Å². The second-order valence-electron chi connectivity index (χ2n) is 6.46. The van der Waals surface area contributed by atoms with E-state index in [9.17, 15) is 9.59 Å². The summed E-state index contributed by atoms with van der Waals surface area (Å²) in [6.07, 6.45) is 1.20. The summed E-state index contributed by atoms with van der Waals surface area (Å²) in [5.74, 6) is -0.155. The molecule has 0 aliphatic heterocycles. The van der Waals surface area contributed by atoms with Crippen molar-refractivity contribution in [2.24, 2.45) is 11.3 Å². The van der Waals surface area contributed by atoms with Crippen LogP contribution >= 0.6 is 0 Å². The molecule has 1 amide bonds. The number of rotatable bonds is 7. The summed E-state index contributed by atoms with van der Waals surface area (Å²) in [4.78, 5) is 23.7. The third-order valence-electron chi connectivity index (χ3n) is 2.65. The lowest BCUT2D eigenvalue weighted by Gasteiger charge is -2.29. The van der Waals surface area contributed by atoms with Crippen LogP contribution < -0.4 is 5.32 Å². The van der Waals surface area contributed by atoms with Crippen molar-refractivity contribution >= 4 is 12.1 Å². The van der Waals surface area contributed by atoms with Crippen LogP contribution in [0.1, 0.15) is 54.4 Å². The molecule has 0 radical (unpaired) electrons. The zero-order chi connectivity index (χ0) is 15.8. The molecule has 0 fully saturated rings. The molecule has 0 aliphatic carbocycles. The Morgan fingerprint density at radius 1 is 1.15 bits per heavy atom. The lowest BCUT2D eigenvalue weighted by Crippen LogP contribution is -2.50. The Hall–Kier alpha value is -1.26. The van der Waals surface area contributed by atoms with E-state index < -0.39 is 23.5 Å². The van der Waals surface area contributed by atoms with E-state index >= 15 is 0 Å². The number of hydrogen-bond donors (Lipinski definition) is 1. The van der Waals surface area contributed by atoms with Crippen molar-refractivity contribution in [2.45, 2.75) is 60.4 Å². The number of unbranched alkanes of at least 4 members (excludes halogenated alkanes) is 1. The highest BCUT2D eigenvalue weighted by atomic mass is 16.6. The molecule has 0 spiro atoms. The van der Waals surface area contributed by atoms with Gasteiger partial charge in [-0.25, -0.2) is 9.59 Å². The normalized spacial score (nSPS) is 12.9. The fourth-order valence-corrected chi connectivity index (χ4v) is 1.43. The minimum atomic E-state index is -0.709. The van der Waals surface area contributed by atoms with Gasteiger partial charge in [-0.15, -0.1) is 0 Å². The molecule has 0 rings (SSSR count). The maximum Gasteiger partial charge on any atom is 0.407 e. The van der Waals surface area contributed by atoms with Crippen molar-refractivity contribution < 1.29 is 19.1 Å². The lowest BCUT2D eigenvalue weighted by molar-refractivity contribution is -0.149. The van der Waals surface area contributed by atoms with E-state index in [0.29, 0.717) is 13.2 Å². The summed E-state index contributed by atoms with van der Waals surface area (Å²) in [6, 6.07) is -0.709. The van der Waals surface area contributed by atoms with Gasteiger partial charge in [-0.1, -0.05) is 48.0 Å². The predicted octanol–water partition coefficient (Wildman–Crippen LogP) is 3.13. The van der Waals surface area contributed by atoms with Gasteiger partial charge in [-0.2, -0.15) is 0 Å². The summed E-state index contributed by atoms with van der Waals surface area (Å²) in [7, 11) is 0. The molecule has 1 unspecified atom stereocenters. The molecule has 0 aromatic heterocycles. The van der Waals surface area contributed by atoms with Crippen molar-refractivity contribution in [2.75, 3.05) is 13.2 Å². The molecule has 0 saturated heterocycles. The number of amides is 1. The van der Waals surface area contributed by atoms with E-state index in [1.807, 2.05) is 41.5 Å². The molecule has 0 aliphatic rings. The predicted molar refractivity (Wildman–Crippen MR) is 78.4 cm³/mol. The molecule has 5 heteroatoms. The molecule has 1 atom stereocenters. The molecule has 0 aromatic carbocycles. The average molecular weight is 287 g/mol. The fraction of sp³-hybridized carbons (Fsp3) is 0.867. The number of alkyl carbamates (subject to hydrolysis) is 1. The van der Waals surface area contributed by atoms with Crippen molar-refractivity contribution in [3.05, 3.63) is 0 Å². The van der Waals surface area contributed by atoms with Crippen molar-refractivity contribution in [3.8, 4) is 0 Å². The molecule has 0 saturated carbocycles. The number of carbonyl (C=O) groups is 2. The quantitative estimate of drug-likeness (QED) is 0.577. The summed E-state index contributed by atoms with van der Waals surface area (Å²) < 4.78 is 10.2. The van der Waals surface area contributed by atoms with Gasteiger partial charge < -0.3 is 14.8 Å². The van der Waals surface area contributed by atoms with E-state index in [2.05, 4.69) is 5.32 Å². The SMILES string of the molecule is CCCCOC(=O)C(NC(=O)OCC(C)C)C(C)(C)C. The topological polar surface area (TPSA) is 64.6 Å². The minimum Gasteiger partial charge on any atom is -0.464 e. The first kappa shape index (κ1) is 18.7. The van der Waals surface area contributed by atoms with Crippen LogP contribution in [-0.4, -0.2) is 31.3 Å². The van der Waals surface area contributed by atoms with E-state index in [4.69, 9.17) is 9.47 Å².